The van der Waals surface area contributed by atoms with Crippen LogP contribution in [0, 0.1) is 12.8 Å². The van der Waals surface area contributed by atoms with E-state index < -0.39 is 11.9 Å². The standard InChI is InChI=1S/C20H20ClNO4/c1-13-3-2-4-16(9-13)26-12-19(23)22-10-17(18(11-22)20(24)25)14-5-7-15(21)8-6-14/h2-9,17-18H,10-12H2,1H3,(H,24,25)/t17-,18+/m0/s1. The van der Waals surface area contributed by atoms with E-state index in [-0.39, 0.29) is 25.0 Å². The third-order valence-corrected chi connectivity index (χ3v) is 4.89. The summed E-state index contributed by atoms with van der Waals surface area (Å²) in [6.45, 7) is 2.37. The van der Waals surface area contributed by atoms with Gasteiger partial charge in [0.2, 0.25) is 0 Å². The summed E-state index contributed by atoms with van der Waals surface area (Å²) in [5, 5.41) is 10.1. The summed E-state index contributed by atoms with van der Waals surface area (Å²) in [4.78, 5) is 25.7. The Hall–Kier alpha value is -2.53. The molecule has 6 heteroatoms. The van der Waals surface area contributed by atoms with E-state index in [0.717, 1.165) is 11.1 Å². The van der Waals surface area contributed by atoms with Gasteiger partial charge in [-0.15, -0.1) is 0 Å². The van der Waals surface area contributed by atoms with Gasteiger partial charge in [-0.25, -0.2) is 0 Å². The zero-order chi connectivity index (χ0) is 18.7. The molecule has 0 saturated carbocycles. The minimum Gasteiger partial charge on any atom is -0.484 e. The summed E-state index contributed by atoms with van der Waals surface area (Å²) >= 11 is 5.91. The van der Waals surface area contributed by atoms with Gasteiger partial charge in [0, 0.05) is 24.0 Å². The lowest BCUT2D eigenvalue weighted by Gasteiger charge is -2.17. The quantitative estimate of drug-likeness (QED) is 0.872. The summed E-state index contributed by atoms with van der Waals surface area (Å²) in [6.07, 6.45) is 0. The van der Waals surface area contributed by atoms with E-state index >= 15 is 0 Å². The minimum atomic E-state index is -0.903. The Morgan fingerprint density at radius 3 is 2.58 bits per heavy atom. The van der Waals surface area contributed by atoms with Crippen molar-refractivity contribution in [2.45, 2.75) is 12.8 Å². The maximum absolute atomic E-state index is 12.5. The number of carboxylic acids is 1. The molecule has 136 valence electrons. The monoisotopic (exact) mass is 373 g/mol. The van der Waals surface area contributed by atoms with E-state index in [9.17, 15) is 14.7 Å². The predicted molar refractivity (Wildman–Crippen MR) is 98.6 cm³/mol. The number of nitrogens with zero attached hydrogens (tertiary/aromatic N) is 1. The largest absolute Gasteiger partial charge is 0.484 e. The fraction of sp³-hybridized carbons (Fsp3) is 0.300. The highest BCUT2D eigenvalue weighted by atomic mass is 35.5. The van der Waals surface area contributed by atoms with Crippen molar-refractivity contribution < 1.29 is 19.4 Å². The lowest BCUT2D eigenvalue weighted by molar-refractivity contribution is -0.142. The summed E-state index contributed by atoms with van der Waals surface area (Å²) < 4.78 is 5.56. The summed E-state index contributed by atoms with van der Waals surface area (Å²) in [6, 6.07) is 14.6. The van der Waals surface area contributed by atoms with Crippen LogP contribution in [0.15, 0.2) is 48.5 Å². The fourth-order valence-corrected chi connectivity index (χ4v) is 3.37. The van der Waals surface area contributed by atoms with Crippen LogP contribution in [0.5, 0.6) is 5.75 Å². The molecule has 5 nitrogen and oxygen atoms in total. The number of hydrogen-bond acceptors (Lipinski definition) is 3. The SMILES string of the molecule is Cc1cccc(OCC(=O)N2C[C@@H](C(=O)O)[C@H](c3ccc(Cl)cc3)C2)c1. The Bertz CT molecular complexity index is 806. The molecule has 0 aliphatic carbocycles. The van der Waals surface area contributed by atoms with Gasteiger partial charge in [0.1, 0.15) is 5.75 Å². The topological polar surface area (TPSA) is 66.8 Å². The Morgan fingerprint density at radius 1 is 1.19 bits per heavy atom. The number of rotatable bonds is 5. The van der Waals surface area contributed by atoms with Gasteiger partial charge >= 0.3 is 5.97 Å². The molecule has 3 rings (SSSR count). The van der Waals surface area contributed by atoms with Gasteiger partial charge < -0.3 is 14.7 Å². The molecule has 1 aliphatic rings. The molecular formula is C20H20ClNO4. The summed E-state index contributed by atoms with van der Waals surface area (Å²) in [5.41, 5.74) is 1.92. The van der Waals surface area contributed by atoms with Crippen LogP contribution in [0.4, 0.5) is 0 Å². The minimum absolute atomic E-state index is 0.108. The van der Waals surface area contributed by atoms with Gasteiger partial charge in [-0.05, 0) is 42.3 Å². The molecule has 1 saturated heterocycles. The van der Waals surface area contributed by atoms with E-state index in [1.165, 1.54) is 0 Å². The Kier molecular flexibility index (Phi) is 5.47. The number of benzene rings is 2. The molecule has 0 aromatic heterocycles. The molecule has 0 radical (unpaired) electrons. The second-order valence-corrected chi connectivity index (χ2v) is 6.94. The molecule has 2 aromatic rings. The first-order valence-corrected chi connectivity index (χ1v) is 8.77. The van der Waals surface area contributed by atoms with E-state index in [4.69, 9.17) is 16.3 Å². The number of ether oxygens (including phenoxy) is 1. The van der Waals surface area contributed by atoms with Gasteiger partial charge in [-0.3, -0.25) is 9.59 Å². The first-order valence-electron chi connectivity index (χ1n) is 8.39. The molecule has 0 bridgehead atoms. The molecule has 1 aliphatic heterocycles. The van der Waals surface area contributed by atoms with Crippen LogP contribution in [0.25, 0.3) is 0 Å². The number of carboxylic acid groups (broad SMARTS) is 1. The van der Waals surface area contributed by atoms with Crippen molar-refractivity contribution in [2.24, 2.45) is 5.92 Å². The Balaban J connectivity index is 1.67. The van der Waals surface area contributed by atoms with Crippen molar-refractivity contribution in [3.63, 3.8) is 0 Å². The second-order valence-electron chi connectivity index (χ2n) is 6.51. The van der Waals surface area contributed by atoms with Crippen molar-refractivity contribution in [3.8, 4) is 5.75 Å². The number of aryl methyl sites for hydroxylation is 1. The average Bonchev–Trinajstić information content (AvgIpc) is 3.06. The van der Waals surface area contributed by atoms with Gasteiger partial charge in [0.05, 0.1) is 5.92 Å². The van der Waals surface area contributed by atoms with E-state index in [1.807, 2.05) is 37.3 Å². The van der Waals surface area contributed by atoms with Crippen LogP contribution in [-0.2, 0) is 9.59 Å². The van der Waals surface area contributed by atoms with Crippen LogP contribution < -0.4 is 4.74 Å². The first-order chi connectivity index (χ1) is 12.4. The van der Waals surface area contributed by atoms with Crippen molar-refractivity contribution >= 4 is 23.5 Å². The van der Waals surface area contributed by atoms with Crippen LogP contribution in [0.3, 0.4) is 0 Å². The highest BCUT2D eigenvalue weighted by Gasteiger charge is 2.40. The Labute approximate surface area is 157 Å². The molecule has 1 amide bonds. The zero-order valence-electron chi connectivity index (χ0n) is 14.4. The third kappa shape index (κ3) is 4.17. The lowest BCUT2D eigenvalue weighted by atomic mass is 9.89. The molecule has 2 atom stereocenters. The molecule has 1 N–H and O–H groups in total. The van der Waals surface area contributed by atoms with Crippen molar-refractivity contribution in [3.05, 3.63) is 64.7 Å². The number of carbonyl (C=O) groups excluding carboxylic acids is 1. The van der Waals surface area contributed by atoms with E-state index in [1.54, 1.807) is 23.1 Å². The summed E-state index contributed by atoms with van der Waals surface area (Å²) in [5.74, 6) is -1.39. The fourth-order valence-electron chi connectivity index (χ4n) is 3.25. The van der Waals surface area contributed by atoms with E-state index in [2.05, 4.69) is 0 Å². The van der Waals surface area contributed by atoms with Crippen LogP contribution in [-0.4, -0.2) is 41.6 Å². The van der Waals surface area contributed by atoms with Gasteiger partial charge in [0.15, 0.2) is 6.61 Å². The highest BCUT2D eigenvalue weighted by Crippen LogP contribution is 2.33. The second kappa shape index (κ2) is 7.79. The predicted octanol–water partition coefficient (Wildman–Crippen LogP) is 3.35. The normalized spacial score (nSPS) is 19.4. The lowest BCUT2D eigenvalue weighted by Crippen LogP contribution is -2.33. The number of halogens is 1. The van der Waals surface area contributed by atoms with Crippen molar-refractivity contribution in [1.82, 2.24) is 4.90 Å². The molecule has 0 spiro atoms. The van der Waals surface area contributed by atoms with Crippen LogP contribution >= 0.6 is 11.6 Å². The molecule has 1 heterocycles. The van der Waals surface area contributed by atoms with Gasteiger partial charge in [0.25, 0.3) is 5.91 Å². The molecule has 2 aromatic carbocycles. The molecule has 26 heavy (non-hydrogen) atoms. The van der Waals surface area contributed by atoms with Crippen LogP contribution in [0.1, 0.15) is 17.0 Å². The average molecular weight is 374 g/mol. The highest BCUT2D eigenvalue weighted by molar-refractivity contribution is 6.30. The summed E-state index contributed by atoms with van der Waals surface area (Å²) in [7, 11) is 0. The van der Waals surface area contributed by atoms with Gasteiger partial charge in [-0.1, -0.05) is 35.9 Å². The van der Waals surface area contributed by atoms with Gasteiger partial charge in [-0.2, -0.15) is 0 Å². The smallest absolute Gasteiger partial charge is 0.308 e. The Morgan fingerprint density at radius 2 is 1.92 bits per heavy atom. The maximum atomic E-state index is 12.5. The molecule has 1 fully saturated rings. The number of amides is 1. The number of hydrogen-bond donors (Lipinski definition) is 1. The van der Waals surface area contributed by atoms with Crippen LogP contribution in [0.2, 0.25) is 5.02 Å². The van der Waals surface area contributed by atoms with Crippen molar-refractivity contribution in [1.29, 1.82) is 0 Å². The first kappa shape index (κ1) is 18.3. The molecular weight excluding hydrogens is 354 g/mol. The number of carbonyl (C=O) groups is 2. The molecule has 0 unspecified atom stereocenters. The number of likely N-dealkylation sites (tertiary alicyclic amines) is 1. The zero-order valence-corrected chi connectivity index (χ0v) is 15.1. The maximum Gasteiger partial charge on any atom is 0.308 e. The van der Waals surface area contributed by atoms with Crippen molar-refractivity contribution in [2.75, 3.05) is 19.7 Å². The third-order valence-electron chi connectivity index (χ3n) is 4.64. The number of aliphatic carboxylic acids is 1. The van der Waals surface area contributed by atoms with E-state index in [0.29, 0.717) is 17.3 Å².